The number of carbonyl (C=O) groups is 1. The molecule has 0 radical (unpaired) electrons. The molecule has 1 rings (SSSR count). The number of thioether (sulfide) groups is 1. The van der Waals surface area contributed by atoms with E-state index in [9.17, 15) is 13.6 Å². The van der Waals surface area contributed by atoms with Crippen molar-refractivity contribution in [3.8, 4) is 0 Å². The first kappa shape index (κ1) is 14.1. The minimum absolute atomic E-state index is 0.0264. The second kappa shape index (κ2) is 6.66. The van der Waals surface area contributed by atoms with Gasteiger partial charge in [0.2, 0.25) is 4.38 Å². The Labute approximate surface area is 107 Å². The third kappa shape index (κ3) is 4.40. The van der Waals surface area contributed by atoms with Gasteiger partial charge in [0.15, 0.2) is 5.78 Å². The summed E-state index contributed by atoms with van der Waals surface area (Å²) in [5.74, 6) is -2.05. The first-order valence-electron chi connectivity index (χ1n) is 4.82. The first-order valence-corrected chi connectivity index (χ1v) is 6.21. The number of ether oxygens (including phenoxy) is 1. The van der Waals surface area contributed by atoms with Crippen LogP contribution in [-0.4, -0.2) is 22.5 Å². The van der Waals surface area contributed by atoms with E-state index in [0.29, 0.717) is 12.7 Å². The van der Waals surface area contributed by atoms with E-state index < -0.39 is 17.4 Å². The summed E-state index contributed by atoms with van der Waals surface area (Å²) in [5.41, 5.74) is -0.141. The molecule has 0 spiro atoms. The summed E-state index contributed by atoms with van der Waals surface area (Å²) in [7, 11) is 0. The van der Waals surface area contributed by atoms with Crippen LogP contribution in [0.3, 0.4) is 0 Å². The van der Waals surface area contributed by atoms with Gasteiger partial charge in [-0.25, -0.2) is 8.78 Å². The van der Waals surface area contributed by atoms with Crippen molar-refractivity contribution >= 4 is 34.1 Å². The molecule has 0 N–H and O–H groups in total. The van der Waals surface area contributed by atoms with Crippen molar-refractivity contribution in [3.63, 3.8) is 0 Å². The van der Waals surface area contributed by atoms with Crippen LogP contribution >= 0.6 is 24.0 Å². The zero-order valence-electron chi connectivity index (χ0n) is 9.04. The van der Waals surface area contributed by atoms with Gasteiger partial charge in [-0.05, 0) is 31.3 Å². The van der Waals surface area contributed by atoms with Gasteiger partial charge in [-0.2, -0.15) is 0 Å². The van der Waals surface area contributed by atoms with Crippen LogP contribution in [0.4, 0.5) is 8.78 Å². The van der Waals surface area contributed by atoms with Crippen LogP contribution in [-0.2, 0) is 4.74 Å². The Morgan fingerprint density at radius 2 is 2.18 bits per heavy atom. The van der Waals surface area contributed by atoms with Crippen LogP contribution in [0.2, 0.25) is 0 Å². The predicted octanol–water partition coefficient (Wildman–Crippen LogP) is 3.20. The molecule has 0 heterocycles. The Kier molecular flexibility index (Phi) is 5.50. The SMILES string of the molecule is CCOC(=S)SCC(=O)c1ccc(F)cc1F. The van der Waals surface area contributed by atoms with Crippen molar-refractivity contribution in [3.05, 3.63) is 35.4 Å². The molecule has 0 unspecified atom stereocenters. The van der Waals surface area contributed by atoms with Gasteiger partial charge in [0.25, 0.3) is 0 Å². The zero-order valence-corrected chi connectivity index (χ0v) is 10.7. The largest absolute Gasteiger partial charge is 0.479 e. The molecule has 0 bridgehead atoms. The number of rotatable bonds is 4. The summed E-state index contributed by atoms with van der Waals surface area (Å²) in [6, 6.07) is 2.85. The van der Waals surface area contributed by atoms with Crippen LogP contribution in [0.5, 0.6) is 0 Å². The number of hydrogen-bond acceptors (Lipinski definition) is 4. The van der Waals surface area contributed by atoms with Crippen molar-refractivity contribution in [2.24, 2.45) is 0 Å². The van der Waals surface area contributed by atoms with Crippen LogP contribution in [0.15, 0.2) is 18.2 Å². The number of Topliss-reactive ketones (excluding diaryl/α,β-unsaturated/α-hetero) is 1. The molecule has 0 saturated heterocycles. The third-order valence-corrected chi connectivity index (χ3v) is 3.05. The number of thiocarbonyl (C=S) groups is 1. The summed E-state index contributed by atoms with van der Waals surface area (Å²) < 4.78 is 31.1. The lowest BCUT2D eigenvalue weighted by Gasteiger charge is -2.04. The van der Waals surface area contributed by atoms with E-state index in [2.05, 4.69) is 0 Å². The van der Waals surface area contributed by atoms with E-state index in [1.165, 1.54) is 0 Å². The molecule has 6 heteroatoms. The lowest BCUT2D eigenvalue weighted by Crippen LogP contribution is -2.08. The minimum Gasteiger partial charge on any atom is -0.479 e. The molecule has 0 saturated carbocycles. The van der Waals surface area contributed by atoms with Crippen molar-refractivity contribution in [2.75, 3.05) is 12.4 Å². The topological polar surface area (TPSA) is 26.3 Å². The maximum Gasteiger partial charge on any atom is 0.220 e. The summed E-state index contributed by atoms with van der Waals surface area (Å²) in [6.07, 6.45) is 0. The number of carbonyl (C=O) groups excluding carboxylic acids is 1. The Morgan fingerprint density at radius 1 is 1.47 bits per heavy atom. The highest BCUT2D eigenvalue weighted by Gasteiger charge is 2.13. The lowest BCUT2D eigenvalue weighted by molar-refractivity contribution is 0.101. The van der Waals surface area contributed by atoms with E-state index >= 15 is 0 Å². The minimum atomic E-state index is -0.863. The average molecular weight is 276 g/mol. The van der Waals surface area contributed by atoms with E-state index in [1.54, 1.807) is 6.92 Å². The molecule has 2 nitrogen and oxygen atoms in total. The fourth-order valence-electron chi connectivity index (χ4n) is 1.08. The number of hydrogen-bond donors (Lipinski definition) is 0. The van der Waals surface area contributed by atoms with Crippen LogP contribution in [0.25, 0.3) is 0 Å². The molecule has 0 aliphatic carbocycles. The molecular formula is C11H10F2O2S2. The van der Waals surface area contributed by atoms with Gasteiger partial charge in [-0.1, -0.05) is 11.8 Å². The van der Waals surface area contributed by atoms with Gasteiger partial charge < -0.3 is 4.74 Å². The normalized spacial score (nSPS) is 10.1. The molecule has 0 aromatic heterocycles. The highest BCUT2D eigenvalue weighted by atomic mass is 32.2. The van der Waals surface area contributed by atoms with Gasteiger partial charge in [-0.15, -0.1) is 0 Å². The van der Waals surface area contributed by atoms with Gasteiger partial charge in [0.1, 0.15) is 11.6 Å². The fraction of sp³-hybridized carbons (Fsp3) is 0.273. The molecule has 0 aliphatic heterocycles. The molecule has 0 atom stereocenters. The number of benzene rings is 1. The van der Waals surface area contributed by atoms with Crippen molar-refractivity contribution in [2.45, 2.75) is 6.92 Å². The molecule has 0 fully saturated rings. The fourth-order valence-corrected chi connectivity index (χ4v) is 1.98. The average Bonchev–Trinajstić information content (AvgIpc) is 2.26. The van der Waals surface area contributed by atoms with E-state index in [4.69, 9.17) is 17.0 Å². The lowest BCUT2D eigenvalue weighted by atomic mass is 10.1. The van der Waals surface area contributed by atoms with Crippen molar-refractivity contribution < 1.29 is 18.3 Å². The molecular weight excluding hydrogens is 266 g/mol. The summed E-state index contributed by atoms with van der Waals surface area (Å²) in [4.78, 5) is 11.6. The highest BCUT2D eigenvalue weighted by Crippen LogP contribution is 2.14. The zero-order chi connectivity index (χ0) is 12.8. The van der Waals surface area contributed by atoms with Crippen molar-refractivity contribution in [1.82, 2.24) is 0 Å². The standard InChI is InChI=1S/C11H10F2O2S2/c1-2-15-11(16)17-6-10(14)8-4-3-7(12)5-9(8)13/h3-5H,2,6H2,1H3. The molecule has 0 amide bonds. The van der Waals surface area contributed by atoms with Gasteiger partial charge in [0, 0.05) is 6.07 Å². The summed E-state index contributed by atoms with van der Waals surface area (Å²) in [6.45, 7) is 2.19. The van der Waals surface area contributed by atoms with Crippen LogP contribution < -0.4 is 0 Å². The van der Waals surface area contributed by atoms with E-state index in [1.807, 2.05) is 0 Å². The Morgan fingerprint density at radius 3 is 2.76 bits per heavy atom. The maximum absolute atomic E-state index is 13.2. The Balaban J connectivity index is 2.61. The van der Waals surface area contributed by atoms with E-state index in [-0.39, 0.29) is 15.7 Å². The molecule has 0 aliphatic rings. The van der Waals surface area contributed by atoms with Gasteiger partial charge in [-0.3, -0.25) is 4.79 Å². The smallest absolute Gasteiger partial charge is 0.220 e. The number of halogens is 2. The van der Waals surface area contributed by atoms with Crippen LogP contribution in [0.1, 0.15) is 17.3 Å². The first-order chi connectivity index (χ1) is 8.04. The summed E-state index contributed by atoms with van der Waals surface area (Å²) in [5, 5.41) is 0. The van der Waals surface area contributed by atoms with Gasteiger partial charge in [0.05, 0.1) is 17.9 Å². The Hall–Kier alpha value is -1.01. The highest BCUT2D eigenvalue weighted by molar-refractivity contribution is 8.23. The molecule has 92 valence electrons. The Bertz CT molecular complexity index is 435. The van der Waals surface area contributed by atoms with Crippen LogP contribution in [0, 0.1) is 11.6 Å². The van der Waals surface area contributed by atoms with Crippen molar-refractivity contribution in [1.29, 1.82) is 0 Å². The number of ketones is 1. The van der Waals surface area contributed by atoms with Gasteiger partial charge >= 0.3 is 0 Å². The maximum atomic E-state index is 13.2. The summed E-state index contributed by atoms with van der Waals surface area (Å²) >= 11 is 5.83. The van der Waals surface area contributed by atoms with E-state index in [0.717, 1.165) is 23.9 Å². The third-order valence-electron chi connectivity index (χ3n) is 1.81. The predicted molar refractivity (Wildman–Crippen MR) is 67.4 cm³/mol. The second-order valence-electron chi connectivity index (χ2n) is 3.02. The molecule has 17 heavy (non-hydrogen) atoms. The monoisotopic (exact) mass is 276 g/mol. The molecule has 1 aromatic carbocycles. The molecule has 1 aromatic rings. The quantitative estimate of drug-likeness (QED) is 0.623. The second-order valence-corrected chi connectivity index (χ2v) is 4.60.